The fourth-order valence-corrected chi connectivity index (χ4v) is 2.05. The molecule has 1 saturated carbocycles. The molecule has 14 heavy (non-hydrogen) atoms. The predicted molar refractivity (Wildman–Crippen MR) is 54.8 cm³/mol. The Morgan fingerprint density at radius 1 is 1.50 bits per heavy atom. The molecule has 1 amide bonds. The van der Waals surface area contributed by atoms with Crippen LogP contribution in [0.4, 0.5) is 0 Å². The number of ketones is 1. The highest BCUT2D eigenvalue weighted by atomic mass is 16.2. The van der Waals surface area contributed by atoms with Gasteiger partial charge in [0.2, 0.25) is 5.91 Å². The average molecular weight is 195 g/mol. The topological polar surface area (TPSA) is 46.2 Å². The van der Waals surface area contributed by atoms with Gasteiger partial charge in [0.1, 0.15) is 5.54 Å². The SMILES string of the molecule is C=C1C(CC)[C@]1(NC(=O)CC)C(C)=O. The second-order valence-electron chi connectivity index (χ2n) is 3.75. The summed E-state index contributed by atoms with van der Waals surface area (Å²) >= 11 is 0. The van der Waals surface area contributed by atoms with Crippen molar-refractivity contribution in [3.05, 3.63) is 12.2 Å². The van der Waals surface area contributed by atoms with Crippen LogP contribution in [0.1, 0.15) is 33.6 Å². The Morgan fingerprint density at radius 2 is 2.07 bits per heavy atom. The van der Waals surface area contributed by atoms with E-state index in [0.29, 0.717) is 6.42 Å². The molecular weight excluding hydrogens is 178 g/mol. The molecule has 0 bridgehead atoms. The van der Waals surface area contributed by atoms with E-state index in [1.807, 2.05) is 6.92 Å². The number of amides is 1. The minimum absolute atomic E-state index is 0.00356. The third-order valence-electron chi connectivity index (χ3n) is 2.99. The molecule has 0 aliphatic heterocycles. The van der Waals surface area contributed by atoms with Crippen LogP contribution in [0, 0.1) is 5.92 Å². The van der Waals surface area contributed by atoms with Crippen molar-refractivity contribution in [2.24, 2.45) is 5.92 Å². The second kappa shape index (κ2) is 3.56. The quantitative estimate of drug-likeness (QED) is 0.690. The predicted octanol–water partition coefficient (Wildman–Crippen LogP) is 1.44. The van der Waals surface area contributed by atoms with Crippen LogP contribution in [0.25, 0.3) is 0 Å². The first-order valence-electron chi connectivity index (χ1n) is 5.02. The molecule has 1 rings (SSSR count). The molecule has 1 unspecified atom stereocenters. The van der Waals surface area contributed by atoms with Crippen LogP contribution < -0.4 is 5.32 Å². The zero-order valence-corrected chi connectivity index (χ0v) is 9.02. The van der Waals surface area contributed by atoms with Crippen molar-refractivity contribution in [3.63, 3.8) is 0 Å². The maximum Gasteiger partial charge on any atom is 0.220 e. The third kappa shape index (κ3) is 1.37. The highest BCUT2D eigenvalue weighted by Crippen LogP contribution is 2.51. The molecule has 3 nitrogen and oxygen atoms in total. The van der Waals surface area contributed by atoms with Crippen LogP contribution in [0.15, 0.2) is 12.2 Å². The Bertz CT molecular complexity index is 296. The first-order valence-corrected chi connectivity index (χ1v) is 5.02. The molecule has 1 N–H and O–H groups in total. The van der Waals surface area contributed by atoms with Crippen LogP contribution in [-0.4, -0.2) is 17.2 Å². The van der Waals surface area contributed by atoms with Gasteiger partial charge in [-0.3, -0.25) is 9.59 Å². The number of carbonyl (C=O) groups is 2. The van der Waals surface area contributed by atoms with Gasteiger partial charge in [-0.05, 0) is 18.9 Å². The smallest absolute Gasteiger partial charge is 0.220 e. The number of hydrogen-bond donors (Lipinski definition) is 1. The van der Waals surface area contributed by atoms with E-state index in [1.165, 1.54) is 6.92 Å². The fraction of sp³-hybridized carbons (Fsp3) is 0.636. The minimum atomic E-state index is -0.734. The molecule has 0 aromatic rings. The Balaban J connectivity index is 2.83. The zero-order valence-electron chi connectivity index (χ0n) is 9.02. The largest absolute Gasteiger partial charge is 0.339 e. The van der Waals surface area contributed by atoms with Crippen molar-refractivity contribution in [3.8, 4) is 0 Å². The lowest BCUT2D eigenvalue weighted by Gasteiger charge is -2.14. The molecule has 3 heteroatoms. The van der Waals surface area contributed by atoms with Gasteiger partial charge in [0, 0.05) is 12.3 Å². The van der Waals surface area contributed by atoms with Crippen molar-refractivity contribution in [2.75, 3.05) is 0 Å². The van der Waals surface area contributed by atoms with Crippen LogP contribution >= 0.6 is 0 Å². The van der Waals surface area contributed by atoms with E-state index in [-0.39, 0.29) is 17.6 Å². The minimum Gasteiger partial charge on any atom is -0.339 e. The van der Waals surface area contributed by atoms with Crippen LogP contribution in [0.2, 0.25) is 0 Å². The fourth-order valence-electron chi connectivity index (χ4n) is 2.05. The summed E-state index contributed by atoms with van der Waals surface area (Å²) in [6.07, 6.45) is 1.25. The maximum absolute atomic E-state index is 11.5. The van der Waals surface area contributed by atoms with E-state index in [1.54, 1.807) is 6.92 Å². The zero-order chi connectivity index (χ0) is 10.9. The molecule has 1 fully saturated rings. The first kappa shape index (κ1) is 11.0. The molecule has 1 aliphatic rings. The van der Waals surface area contributed by atoms with Gasteiger partial charge in [-0.15, -0.1) is 0 Å². The Labute approximate surface area is 84.6 Å². The summed E-state index contributed by atoms with van der Waals surface area (Å²) in [7, 11) is 0. The van der Waals surface area contributed by atoms with E-state index < -0.39 is 5.54 Å². The van der Waals surface area contributed by atoms with Gasteiger partial charge in [-0.25, -0.2) is 0 Å². The second-order valence-corrected chi connectivity index (χ2v) is 3.75. The number of rotatable bonds is 4. The van der Waals surface area contributed by atoms with E-state index in [9.17, 15) is 9.59 Å². The molecule has 78 valence electrons. The Hall–Kier alpha value is -1.12. The molecule has 0 saturated heterocycles. The van der Waals surface area contributed by atoms with Gasteiger partial charge < -0.3 is 5.32 Å². The van der Waals surface area contributed by atoms with Crippen LogP contribution in [0.5, 0.6) is 0 Å². The summed E-state index contributed by atoms with van der Waals surface area (Å²) in [5.41, 5.74) is 0.122. The van der Waals surface area contributed by atoms with Crippen LogP contribution in [0.3, 0.4) is 0 Å². The van der Waals surface area contributed by atoms with E-state index in [2.05, 4.69) is 11.9 Å². The van der Waals surface area contributed by atoms with Gasteiger partial charge in [0.25, 0.3) is 0 Å². The molecule has 0 spiro atoms. The van der Waals surface area contributed by atoms with Crippen molar-refractivity contribution in [1.29, 1.82) is 0 Å². The standard InChI is InChI=1S/C11H17NO2/c1-5-9-7(3)11(9,8(4)13)12-10(14)6-2/h9H,3,5-6H2,1-2,4H3,(H,12,14)/t9?,11-/m1/s1. The average Bonchev–Trinajstić information content (AvgIpc) is 2.71. The molecule has 0 aromatic heterocycles. The van der Waals surface area contributed by atoms with Crippen molar-refractivity contribution in [1.82, 2.24) is 5.32 Å². The lowest BCUT2D eigenvalue weighted by atomic mass is 10.1. The summed E-state index contributed by atoms with van der Waals surface area (Å²) in [6, 6.07) is 0. The van der Waals surface area contributed by atoms with Gasteiger partial charge in [0.05, 0.1) is 0 Å². The Kier molecular flexibility index (Phi) is 2.79. The molecule has 1 aliphatic carbocycles. The first-order chi connectivity index (χ1) is 6.50. The van der Waals surface area contributed by atoms with Gasteiger partial charge in [-0.1, -0.05) is 20.4 Å². The normalized spacial score (nSPS) is 29.9. The Morgan fingerprint density at radius 3 is 2.36 bits per heavy atom. The molecular formula is C11H17NO2. The molecule has 0 heterocycles. The lowest BCUT2D eigenvalue weighted by molar-refractivity contribution is -0.127. The third-order valence-corrected chi connectivity index (χ3v) is 2.99. The van der Waals surface area contributed by atoms with Gasteiger partial charge in [-0.2, -0.15) is 0 Å². The van der Waals surface area contributed by atoms with E-state index in [4.69, 9.17) is 0 Å². The summed E-state index contributed by atoms with van der Waals surface area (Å²) in [5, 5.41) is 2.78. The summed E-state index contributed by atoms with van der Waals surface area (Å²) < 4.78 is 0. The molecule has 2 atom stereocenters. The number of hydrogen-bond acceptors (Lipinski definition) is 2. The summed E-state index contributed by atoms with van der Waals surface area (Å²) in [4.78, 5) is 22.8. The van der Waals surface area contributed by atoms with Crippen molar-refractivity contribution < 1.29 is 9.59 Å². The number of nitrogens with one attached hydrogen (secondary N) is 1. The van der Waals surface area contributed by atoms with Gasteiger partial charge >= 0.3 is 0 Å². The van der Waals surface area contributed by atoms with Crippen LogP contribution in [-0.2, 0) is 9.59 Å². The lowest BCUT2D eigenvalue weighted by Crippen LogP contribution is -2.43. The monoisotopic (exact) mass is 195 g/mol. The van der Waals surface area contributed by atoms with Crippen molar-refractivity contribution >= 4 is 11.7 Å². The number of Topliss-reactive ketones (excluding diaryl/α,β-unsaturated/α-hetero) is 1. The number of carbonyl (C=O) groups excluding carboxylic acids is 2. The molecule has 0 aromatic carbocycles. The van der Waals surface area contributed by atoms with E-state index in [0.717, 1.165) is 12.0 Å². The summed E-state index contributed by atoms with van der Waals surface area (Å²) in [6.45, 7) is 9.13. The van der Waals surface area contributed by atoms with Gasteiger partial charge in [0.15, 0.2) is 5.78 Å². The maximum atomic E-state index is 11.5. The highest BCUT2D eigenvalue weighted by molar-refractivity contribution is 6.00. The van der Waals surface area contributed by atoms with Crippen molar-refractivity contribution in [2.45, 2.75) is 39.2 Å². The van der Waals surface area contributed by atoms with E-state index >= 15 is 0 Å². The molecule has 0 radical (unpaired) electrons. The summed E-state index contributed by atoms with van der Waals surface area (Å²) in [5.74, 6) is 0.0453. The highest BCUT2D eigenvalue weighted by Gasteiger charge is 2.61.